The summed E-state index contributed by atoms with van der Waals surface area (Å²) in [7, 11) is 0. The van der Waals surface area contributed by atoms with E-state index in [0.29, 0.717) is 0 Å². The predicted octanol–water partition coefficient (Wildman–Crippen LogP) is -0.755. The van der Waals surface area contributed by atoms with E-state index in [2.05, 4.69) is 10.8 Å². The number of hydroxylamine groups is 1. The van der Waals surface area contributed by atoms with Crippen LogP contribution in [0.2, 0.25) is 0 Å². The van der Waals surface area contributed by atoms with Crippen LogP contribution in [-0.4, -0.2) is 10.2 Å². The molecule has 0 aromatic heterocycles. The first-order chi connectivity index (χ1) is 4.16. The summed E-state index contributed by atoms with van der Waals surface area (Å²) in [5, 5.41) is 9.60. The number of carbonyl (C=O) groups is 1. The van der Waals surface area contributed by atoms with Crippen molar-refractivity contribution in [3.63, 3.8) is 0 Å². The lowest BCUT2D eigenvalue weighted by Gasteiger charge is -2.06. The molecule has 0 rings (SSSR count). The minimum atomic E-state index is -1.51. The normalized spacial score (nSPS) is 11.6. The number of terminal acetylenes is 1. The number of carboxylic acid groups (broad SMARTS) is 1. The van der Waals surface area contributed by atoms with Crippen LogP contribution in [-0.2, 0) is 4.84 Å². The molecule has 0 aromatic rings. The topological polar surface area (TPSA) is 61.4 Å². The van der Waals surface area contributed by atoms with Crippen molar-refractivity contribution in [1.82, 2.24) is 5.48 Å². The van der Waals surface area contributed by atoms with Gasteiger partial charge in [-0.15, -0.1) is 6.42 Å². The lowest BCUT2D eigenvalue weighted by atomic mass is 10.8. The zero-order valence-electron chi connectivity index (χ0n) is 4.26. The maximum absolute atomic E-state index is 9.60. The quantitative estimate of drug-likeness (QED) is 0.299. The molecule has 1 N–H and O–H groups in total. The highest BCUT2D eigenvalue weighted by Crippen LogP contribution is 1.95. The van der Waals surface area contributed by atoms with Crippen LogP contribution in [0, 0.1) is 12.3 Å². The molecular weight excluding hydrogens is 237 g/mol. The number of hydrogen-bond donors (Lipinski definition) is 1. The van der Waals surface area contributed by atoms with Gasteiger partial charge < -0.3 is 9.90 Å². The van der Waals surface area contributed by atoms with E-state index in [1.165, 1.54) is 0 Å². The molecule has 4 nitrogen and oxygen atoms in total. The number of hydrogen-bond acceptors (Lipinski definition) is 3. The highest BCUT2D eigenvalue weighted by Gasteiger charge is 1.94. The molecule has 0 heterocycles. The van der Waals surface area contributed by atoms with Crippen molar-refractivity contribution >= 4 is 28.7 Å². The average molecular weight is 240 g/mol. The maximum atomic E-state index is 9.60. The van der Waals surface area contributed by atoms with Crippen molar-refractivity contribution in [2.24, 2.45) is 0 Å². The number of alkyl halides is 1. The van der Waals surface area contributed by atoms with Crippen LogP contribution in [0.1, 0.15) is 0 Å². The Hall–Kier alpha value is -0.480. The van der Waals surface area contributed by atoms with Crippen LogP contribution in [0.3, 0.4) is 0 Å². The largest absolute Gasteiger partial charge is 0.528 e. The summed E-state index contributed by atoms with van der Waals surface area (Å²) in [5.41, 5.74) is 1.55. The van der Waals surface area contributed by atoms with Gasteiger partial charge in [-0.3, -0.25) is 0 Å². The average Bonchev–Trinajstić information content (AvgIpc) is 1.83. The number of rotatable bonds is 2. The van der Waals surface area contributed by atoms with Crippen molar-refractivity contribution in [2.75, 3.05) is 0 Å². The van der Waals surface area contributed by atoms with E-state index < -0.39 is 10.2 Å². The number of amides is 1. The van der Waals surface area contributed by atoms with Gasteiger partial charge in [-0.1, -0.05) is 5.92 Å². The van der Waals surface area contributed by atoms with Crippen molar-refractivity contribution in [3.05, 3.63) is 0 Å². The summed E-state index contributed by atoms with van der Waals surface area (Å²) >= 11 is 1.73. The summed E-state index contributed by atoms with van der Waals surface area (Å²) in [6.07, 6.45) is 3.31. The molecule has 0 radical (unpaired) electrons. The summed E-state index contributed by atoms with van der Waals surface area (Å²) in [6, 6.07) is 0. The van der Waals surface area contributed by atoms with E-state index in [4.69, 9.17) is 6.42 Å². The first-order valence-electron chi connectivity index (χ1n) is 1.89. The Balaban J connectivity index is 3.30. The van der Waals surface area contributed by atoms with Gasteiger partial charge in [-0.2, -0.15) is 0 Å². The Morgan fingerprint density at radius 2 is 2.56 bits per heavy atom. The second-order valence-electron chi connectivity index (χ2n) is 0.990. The van der Waals surface area contributed by atoms with Crippen LogP contribution < -0.4 is 10.6 Å². The second-order valence-corrected chi connectivity index (χ2v) is 2.12. The zero-order valence-corrected chi connectivity index (χ0v) is 6.41. The van der Waals surface area contributed by atoms with Crippen LogP contribution in [0.4, 0.5) is 4.79 Å². The lowest BCUT2D eigenvalue weighted by molar-refractivity contribution is -0.263. The molecule has 0 saturated carbocycles. The van der Waals surface area contributed by atoms with E-state index >= 15 is 0 Å². The molecule has 0 bridgehead atoms. The lowest BCUT2D eigenvalue weighted by Crippen LogP contribution is -2.37. The van der Waals surface area contributed by atoms with Crippen molar-refractivity contribution in [3.8, 4) is 12.3 Å². The zero-order chi connectivity index (χ0) is 7.28. The van der Waals surface area contributed by atoms with Crippen LogP contribution in [0.5, 0.6) is 0 Å². The van der Waals surface area contributed by atoms with Gasteiger partial charge in [0.2, 0.25) is 0 Å². The molecule has 1 amide bonds. The molecule has 0 saturated heterocycles. The number of nitrogens with one attached hydrogen (secondary N) is 1. The number of carbonyl (C=O) groups excluding carboxylic acids is 1. The summed E-state index contributed by atoms with van der Waals surface area (Å²) in [5.74, 6) is 2.13. The smallest absolute Gasteiger partial charge is 0.195 e. The molecule has 50 valence electrons. The number of halogens is 1. The van der Waals surface area contributed by atoms with Gasteiger partial charge in [0.1, 0.15) is 0 Å². The molecule has 9 heavy (non-hydrogen) atoms. The molecule has 0 aliphatic carbocycles. The third-order valence-electron chi connectivity index (χ3n) is 0.377. The Morgan fingerprint density at radius 1 is 2.00 bits per heavy atom. The molecule has 1 unspecified atom stereocenters. The maximum Gasteiger partial charge on any atom is 0.195 e. The standard InChI is InChI=1S/C4H4INO3/c1-2-3(5)9-6-4(7)8/h1,3,6H,(H,7,8)/p-1. The second kappa shape index (κ2) is 4.40. The molecule has 1 atom stereocenters. The SMILES string of the molecule is C#CC(I)ONC(=O)[O-]. The first-order valence-corrected chi connectivity index (χ1v) is 3.14. The van der Waals surface area contributed by atoms with E-state index in [1.54, 1.807) is 28.1 Å². The van der Waals surface area contributed by atoms with Gasteiger partial charge in [0.15, 0.2) is 10.2 Å². The summed E-state index contributed by atoms with van der Waals surface area (Å²) in [4.78, 5) is 13.9. The molecule has 0 aliphatic rings. The fourth-order valence-electron chi connectivity index (χ4n) is 0.134. The van der Waals surface area contributed by atoms with Gasteiger partial charge in [0.05, 0.1) is 0 Å². The Labute approximate surface area is 65.7 Å². The summed E-state index contributed by atoms with van der Waals surface area (Å²) in [6.45, 7) is 0. The molecule has 0 aliphatic heterocycles. The minimum Gasteiger partial charge on any atom is -0.528 e. The van der Waals surface area contributed by atoms with E-state index in [-0.39, 0.29) is 0 Å². The minimum absolute atomic E-state index is 0.597. The third kappa shape index (κ3) is 5.39. The van der Waals surface area contributed by atoms with E-state index in [0.717, 1.165) is 0 Å². The van der Waals surface area contributed by atoms with Gasteiger partial charge >= 0.3 is 0 Å². The van der Waals surface area contributed by atoms with Crippen LogP contribution in [0.25, 0.3) is 0 Å². The van der Waals surface area contributed by atoms with Crippen LogP contribution >= 0.6 is 22.6 Å². The molecular formula is C4H3INO3-. The Bertz CT molecular complexity index is 141. The fraction of sp³-hybridized carbons (Fsp3) is 0.250. The van der Waals surface area contributed by atoms with Gasteiger partial charge in [-0.25, -0.2) is 10.3 Å². The van der Waals surface area contributed by atoms with Crippen molar-refractivity contribution in [2.45, 2.75) is 4.11 Å². The van der Waals surface area contributed by atoms with Crippen LogP contribution in [0.15, 0.2) is 0 Å². The summed E-state index contributed by atoms with van der Waals surface area (Å²) < 4.78 is -0.597. The highest BCUT2D eigenvalue weighted by molar-refractivity contribution is 14.1. The molecule has 5 heteroatoms. The fourth-order valence-corrected chi connectivity index (χ4v) is 0.261. The van der Waals surface area contributed by atoms with Crippen molar-refractivity contribution in [1.29, 1.82) is 0 Å². The highest BCUT2D eigenvalue weighted by atomic mass is 127. The third-order valence-corrected chi connectivity index (χ3v) is 0.991. The van der Waals surface area contributed by atoms with Gasteiger partial charge in [0, 0.05) is 0 Å². The monoisotopic (exact) mass is 240 g/mol. The van der Waals surface area contributed by atoms with Gasteiger partial charge in [-0.05, 0) is 22.6 Å². The Morgan fingerprint density at radius 3 is 2.89 bits per heavy atom. The van der Waals surface area contributed by atoms with Gasteiger partial charge in [0.25, 0.3) is 0 Å². The predicted molar refractivity (Wildman–Crippen MR) is 36.3 cm³/mol. The van der Waals surface area contributed by atoms with Crippen molar-refractivity contribution < 1.29 is 14.7 Å². The Kier molecular flexibility index (Phi) is 4.17. The molecule has 0 spiro atoms. The first kappa shape index (κ1) is 8.52. The van der Waals surface area contributed by atoms with E-state index in [9.17, 15) is 9.90 Å². The molecule has 0 fully saturated rings. The molecule has 0 aromatic carbocycles. The van der Waals surface area contributed by atoms with E-state index in [1.807, 2.05) is 0 Å².